The highest BCUT2D eigenvalue weighted by Crippen LogP contribution is 2.53. The molecule has 1 aliphatic carbocycles. The highest BCUT2D eigenvalue weighted by Gasteiger charge is 2.37. The van der Waals surface area contributed by atoms with Crippen LogP contribution in [0.3, 0.4) is 0 Å². The Labute approximate surface area is 382 Å². The molecule has 0 N–H and O–H groups in total. The van der Waals surface area contributed by atoms with Crippen LogP contribution in [0.25, 0.3) is 67.1 Å². The Hall–Kier alpha value is -8.20. The van der Waals surface area contributed by atoms with E-state index < -0.39 is 0 Å². The molecule has 0 radical (unpaired) electrons. The topological polar surface area (TPSA) is 6.48 Å². The zero-order valence-electron chi connectivity index (χ0n) is 36.7. The molecule has 2 heteroatoms. The smallest absolute Gasteiger partial charge is 0.0540 e. The number of benzene rings is 10. The second kappa shape index (κ2) is 16.2. The molecule has 0 heterocycles. The summed E-state index contributed by atoms with van der Waals surface area (Å²) >= 11 is 0. The van der Waals surface area contributed by atoms with Gasteiger partial charge in [0.25, 0.3) is 0 Å². The Morgan fingerprint density at radius 2 is 0.677 bits per heavy atom. The van der Waals surface area contributed by atoms with Gasteiger partial charge in [0, 0.05) is 38.9 Å². The second-order valence-electron chi connectivity index (χ2n) is 17.4. The highest BCUT2D eigenvalue weighted by atomic mass is 15.1. The maximum atomic E-state index is 4.15. The first-order valence-corrected chi connectivity index (χ1v) is 22.4. The van der Waals surface area contributed by atoms with Gasteiger partial charge >= 0.3 is 0 Å². The largest absolute Gasteiger partial charge is 0.310 e. The average Bonchev–Trinajstić information content (AvgIpc) is 3.59. The maximum absolute atomic E-state index is 4.15. The van der Waals surface area contributed by atoms with E-state index in [1.54, 1.807) is 0 Å². The number of nitrogens with zero attached hydrogens (tertiary/aromatic N) is 2. The molecule has 1 aliphatic rings. The van der Waals surface area contributed by atoms with Crippen LogP contribution in [-0.2, 0) is 5.41 Å². The molecule has 10 aromatic carbocycles. The van der Waals surface area contributed by atoms with Crippen molar-refractivity contribution in [3.8, 4) is 33.4 Å². The van der Waals surface area contributed by atoms with E-state index in [4.69, 9.17) is 0 Å². The first-order valence-electron chi connectivity index (χ1n) is 22.4. The van der Waals surface area contributed by atoms with Crippen LogP contribution in [0.15, 0.2) is 232 Å². The second-order valence-corrected chi connectivity index (χ2v) is 17.4. The van der Waals surface area contributed by atoms with Crippen molar-refractivity contribution in [3.63, 3.8) is 0 Å². The van der Waals surface area contributed by atoms with Gasteiger partial charge in [0.1, 0.15) is 0 Å². The van der Waals surface area contributed by atoms with E-state index in [1.165, 1.54) is 66.1 Å². The average molecular weight is 833 g/mol. The molecule has 65 heavy (non-hydrogen) atoms. The minimum Gasteiger partial charge on any atom is -0.310 e. The summed E-state index contributed by atoms with van der Waals surface area (Å²) in [6.45, 7) is 13.1. The van der Waals surface area contributed by atoms with Crippen LogP contribution in [0.5, 0.6) is 0 Å². The molecule has 310 valence electrons. The SMILES string of the molecule is C=Cc1ccc(N(c2ccc(-c3ccccc3)cc2)c2ccc3c(c2)C(C)(C)c2cc(N(c4ccc(-c5ccccc5)cc4)c4ccc(C=C)c5ccccc45)ccc2-3)c2ccccc12. The van der Waals surface area contributed by atoms with Gasteiger partial charge in [0.05, 0.1) is 11.4 Å². The summed E-state index contributed by atoms with van der Waals surface area (Å²) in [4.78, 5) is 4.85. The lowest BCUT2D eigenvalue weighted by Crippen LogP contribution is -2.18. The summed E-state index contributed by atoms with van der Waals surface area (Å²) in [6.07, 6.45) is 3.91. The standard InChI is InChI=1S/C63H48N2/c1-5-43-29-39-61(57-23-15-13-21-53(43)57)64(49-31-25-47(26-32-49)45-17-9-7-10-18-45)51-35-37-55-56-38-36-52(42-60(56)63(3,4)59(55)41-51)65(50-33-27-48(28-34-50)46-19-11-8-12-20-46)62-40-30-44(6-2)54-22-14-16-24-58(54)62/h5-42H,1-2H2,3-4H3. The molecule has 2 nitrogen and oxygen atoms in total. The van der Waals surface area contributed by atoms with Gasteiger partial charge in [-0.1, -0.05) is 197 Å². The van der Waals surface area contributed by atoms with Gasteiger partial charge in [-0.15, -0.1) is 0 Å². The number of hydrogen-bond donors (Lipinski definition) is 0. The molecule has 0 unspecified atom stereocenters. The van der Waals surface area contributed by atoms with Gasteiger partial charge in [-0.3, -0.25) is 0 Å². The molecular formula is C63H48N2. The first kappa shape index (κ1) is 39.6. The molecule has 0 aliphatic heterocycles. The Morgan fingerprint density at radius 1 is 0.338 bits per heavy atom. The van der Waals surface area contributed by atoms with Crippen molar-refractivity contribution in [2.24, 2.45) is 0 Å². The summed E-state index contributed by atoms with van der Waals surface area (Å²) in [7, 11) is 0. The molecule has 0 bridgehead atoms. The monoisotopic (exact) mass is 832 g/mol. The molecule has 0 saturated carbocycles. The van der Waals surface area contributed by atoms with Crippen LogP contribution in [0.2, 0.25) is 0 Å². The zero-order valence-corrected chi connectivity index (χ0v) is 36.7. The van der Waals surface area contributed by atoms with Crippen molar-refractivity contribution in [3.05, 3.63) is 254 Å². The molecule has 0 spiro atoms. The fourth-order valence-electron chi connectivity index (χ4n) is 10.1. The van der Waals surface area contributed by atoms with Crippen LogP contribution in [-0.4, -0.2) is 0 Å². The molecule has 0 atom stereocenters. The van der Waals surface area contributed by atoms with Gasteiger partial charge in [-0.05, 0) is 127 Å². The lowest BCUT2D eigenvalue weighted by atomic mass is 9.82. The summed E-state index contributed by atoms with van der Waals surface area (Å²) in [5.41, 5.74) is 18.5. The van der Waals surface area contributed by atoms with Crippen molar-refractivity contribution >= 4 is 67.8 Å². The molecule has 0 aromatic heterocycles. The van der Waals surface area contributed by atoms with Crippen molar-refractivity contribution in [1.29, 1.82) is 0 Å². The van der Waals surface area contributed by atoms with Crippen LogP contribution in [0, 0.1) is 0 Å². The van der Waals surface area contributed by atoms with Crippen LogP contribution >= 0.6 is 0 Å². The summed E-state index contributed by atoms with van der Waals surface area (Å²) in [5, 5.41) is 4.71. The van der Waals surface area contributed by atoms with Crippen molar-refractivity contribution in [2.75, 3.05) is 9.80 Å². The van der Waals surface area contributed by atoms with Crippen LogP contribution < -0.4 is 9.80 Å². The van der Waals surface area contributed by atoms with E-state index in [1.807, 2.05) is 12.2 Å². The van der Waals surface area contributed by atoms with Crippen molar-refractivity contribution in [2.45, 2.75) is 19.3 Å². The van der Waals surface area contributed by atoms with E-state index in [0.29, 0.717) is 0 Å². The number of anilines is 6. The van der Waals surface area contributed by atoms with E-state index in [-0.39, 0.29) is 5.41 Å². The fraction of sp³-hybridized carbons (Fsp3) is 0.0476. The number of rotatable bonds is 10. The van der Waals surface area contributed by atoms with E-state index in [9.17, 15) is 0 Å². The lowest BCUT2D eigenvalue weighted by Gasteiger charge is -2.30. The Bertz CT molecular complexity index is 3190. The Balaban J connectivity index is 1.04. The van der Waals surface area contributed by atoms with Gasteiger partial charge in [-0.2, -0.15) is 0 Å². The van der Waals surface area contributed by atoms with Gasteiger partial charge < -0.3 is 9.80 Å². The molecule has 10 aromatic rings. The normalized spacial score (nSPS) is 12.4. The van der Waals surface area contributed by atoms with E-state index in [2.05, 4.69) is 255 Å². The molecular weight excluding hydrogens is 785 g/mol. The lowest BCUT2D eigenvalue weighted by molar-refractivity contribution is 0.660. The van der Waals surface area contributed by atoms with Crippen LogP contribution in [0.1, 0.15) is 36.1 Å². The summed E-state index contributed by atoms with van der Waals surface area (Å²) < 4.78 is 0. The molecule has 0 fully saturated rings. The third-order valence-corrected chi connectivity index (χ3v) is 13.4. The predicted octanol–water partition coefficient (Wildman–Crippen LogP) is 17.9. The van der Waals surface area contributed by atoms with Crippen molar-refractivity contribution in [1.82, 2.24) is 0 Å². The predicted molar refractivity (Wildman–Crippen MR) is 279 cm³/mol. The fourth-order valence-corrected chi connectivity index (χ4v) is 10.1. The van der Waals surface area contributed by atoms with E-state index in [0.717, 1.165) is 45.3 Å². The first-order chi connectivity index (χ1) is 31.9. The van der Waals surface area contributed by atoms with Crippen LogP contribution in [0.4, 0.5) is 34.1 Å². The summed E-state index contributed by atoms with van der Waals surface area (Å²) in [5.74, 6) is 0. The quantitative estimate of drug-likeness (QED) is 0.135. The third-order valence-electron chi connectivity index (χ3n) is 13.4. The Morgan fingerprint density at radius 3 is 1.06 bits per heavy atom. The Kier molecular flexibility index (Phi) is 9.86. The van der Waals surface area contributed by atoms with Crippen molar-refractivity contribution < 1.29 is 0 Å². The maximum Gasteiger partial charge on any atom is 0.0540 e. The van der Waals surface area contributed by atoms with Gasteiger partial charge in [0.2, 0.25) is 0 Å². The molecule has 0 saturated heterocycles. The highest BCUT2D eigenvalue weighted by molar-refractivity contribution is 6.05. The molecule has 11 rings (SSSR count). The zero-order chi connectivity index (χ0) is 44.1. The summed E-state index contributed by atoms with van der Waals surface area (Å²) in [6, 6.07) is 79.5. The third kappa shape index (κ3) is 6.83. The number of hydrogen-bond acceptors (Lipinski definition) is 2. The van der Waals surface area contributed by atoms with Gasteiger partial charge in [-0.25, -0.2) is 0 Å². The van der Waals surface area contributed by atoms with Gasteiger partial charge in [0.15, 0.2) is 0 Å². The van der Waals surface area contributed by atoms with E-state index >= 15 is 0 Å². The minimum atomic E-state index is -0.300. The number of fused-ring (bicyclic) bond motifs is 5. The molecule has 0 amide bonds. The minimum absolute atomic E-state index is 0.300.